The van der Waals surface area contributed by atoms with Gasteiger partial charge in [0.2, 0.25) is 0 Å². The normalized spacial score (nSPS) is 18.8. The lowest BCUT2D eigenvalue weighted by molar-refractivity contribution is -0.137. The van der Waals surface area contributed by atoms with Crippen LogP contribution in [0.3, 0.4) is 0 Å². The Kier molecular flexibility index (Phi) is 9.61. The van der Waals surface area contributed by atoms with Gasteiger partial charge in [-0.3, -0.25) is 9.69 Å². The van der Waals surface area contributed by atoms with Crippen molar-refractivity contribution in [2.45, 2.75) is 76.2 Å². The van der Waals surface area contributed by atoms with Gasteiger partial charge < -0.3 is 15.0 Å². The number of fused-ring (bicyclic) bond motifs is 1. The van der Waals surface area contributed by atoms with E-state index in [2.05, 4.69) is 15.1 Å². The molecule has 2 saturated heterocycles. The van der Waals surface area contributed by atoms with Crippen molar-refractivity contribution < 1.29 is 22.7 Å². The van der Waals surface area contributed by atoms with Gasteiger partial charge in [-0.25, -0.2) is 4.98 Å². The number of nitrogens with zero attached hydrogens (tertiary/aromatic N) is 3. The Morgan fingerprint density at radius 2 is 1.71 bits per heavy atom. The van der Waals surface area contributed by atoms with Crippen LogP contribution in [-0.4, -0.2) is 59.5 Å². The van der Waals surface area contributed by atoms with Gasteiger partial charge in [-0.1, -0.05) is 60.5 Å². The molecule has 1 saturated carbocycles. The average molecular weight is 691 g/mol. The lowest BCUT2D eigenvalue weighted by Crippen LogP contribution is -2.46. The minimum atomic E-state index is -4.54. The third kappa shape index (κ3) is 7.03. The molecule has 6 nitrogen and oxygen atoms in total. The Hall–Kier alpha value is -3.66. The minimum absolute atomic E-state index is 0.222. The molecule has 2 aliphatic heterocycles. The van der Waals surface area contributed by atoms with Gasteiger partial charge in [-0.2, -0.15) is 13.2 Å². The quantitative estimate of drug-likeness (QED) is 0.190. The van der Waals surface area contributed by atoms with Crippen LogP contribution in [0.2, 0.25) is 5.02 Å². The van der Waals surface area contributed by atoms with Crippen molar-refractivity contribution in [1.82, 2.24) is 20.1 Å². The summed E-state index contributed by atoms with van der Waals surface area (Å²) in [6.07, 6.45) is 2.80. The van der Waals surface area contributed by atoms with Gasteiger partial charge in [0.05, 0.1) is 34.5 Å². The van der Waals surface area contributed by atoms with E-state index in [0.717, 1.165) is 69.6 Å². The summed E-state index contributed by atoms with van der Waals surface area (Å²) in [5.41, 5.74) is 1.66. The molecular formula is C39H42ClF3N4O2. The molecule has 0 unspecified atom stereocenters. The van der Waals surface area contributed by atoms with Crippen LogP contribution in [0.5, 0.6) is 5.75 Å². The highest BCUT2D eigenvalue weighted by molar-refractivity contribution is 6.37. The number of piperidine rings is 2. The van der Waals surface area contributed by atoms with Crippen molar-refractivity contribution in [3.8, 4) is 17.0 Å². The maximum Gasteiger partial charge on any atom is 0.416 e. The molecule has 10 heteroatoms. The number of amides is 1. The second-order valence-electron chi connectivity index (χ2n) is 13.6. The summed E-state index contributed by atoms with van der Waals surface area (Å²) in [5, 5.41) is 4.11. The van der Waals surface area contributed by atoms with E-state index in [4.69, 9.17) is 21.3 Å². The SMILES string of the molecule is CCOc1ccc2c(C(=O)NC3(c4ccccc4)CC3)c(CN3CCC(N4CCCCC4)CC3)c(-c3cccc(C(F)(F)F)c3)nc2c1Cl. The number of hydrogen-bond acceptors (Lipinski definition) is 5. The van der Waals surface area contributed by atoms with E-state index in [1.165, 1.54) is 25.3 Å². The summed E-state index contributed by atoms with van der Waals surface area (Å²) >= 11 is 6.92. The highest BCUT2D eigenvalue weighted by Gasteiger charge is 2.46. The van der Waals surface area contributed by atoms with Crippen LogP contribution in [0.25, 0.3) is 22.2 Å². The molecule has 0 bridgehead atoms. The highest BCUT2D eigenvalue weighted by atomic mass is 35.5. The number of pyridine rings is 1. The number of nitrogens with one attached hydrogen (secondary N) is 1. The third-order valence-corrected chi connectivity index (χ3v) is 10.8. The van der Waals surface area contributed by atoms with Crippen LogP contribution in [0.1, 0.15) is 78.9 Å². The van der Waals surface area contributed by atoms with Gasteiger partial charge in [0, 0.05) is 29.1 Å². The van der Waals surface area contributed by atoms with Crippen molar-refractivity contribution in [3.63, 3.8) is 0 Å². The number of halogens is 4. The zero-order chi connectivity index (χ0) is 34.2. The number of carbonyl (C=O) groups excluding carboxylic acids is 1. The zero-order valence-electron chi connectivity index (χ0n) is 27.8. The van der Waals surface area contributed by atoms with E-state index in [9.17, 15) is 18.0 Å². The number of aromatic nitrogens is 1. The summed E-state index contributed by atoms with van der Waals surface area (Å²) in [7, 11) is 0. The molecule has 3 fully saturated rings. The highest BCUT2D eigenvalue weighted by Crippen LogP contribution is 2.47. The average Bonchev–Trinajstić information content (AvgIpc) is 3.90. The molecule has 4 aromatic rings. The summed E-state index contributed by atoms with van der Waals surface area (Å²) in [5.74, 6) is 0.112. The number of rotatable bonds is 9. The third-order valence-electron chi connectivity index (χ3n) is 10.4. The Balaban J connectivity index is 1.35. The summed E-state index contributed by atoms with van der Waals surface area (Å²) < 4.78 is 47.9. The molecule has 1 amide bonds. The molecule has 0 spiro atoms. The van der Waals surface area contributed by atoms with Gasteiger partial charge in [0.15, 0.2) is 0 Å². The van der Waals surface area contributed by atoms with E-state index >= 15 is 0 Å². The monoisotopic (exact) mass is 690 g/mol. The smallest absolute Gasteiger partial charge is 0.416 e. The largest absolute Gasteiger partial charge is 0.492 e. The van der Waals surface area contributed by atoms with Crippen molar-refractivity contribution in [3.05, 3.63) is 94.0 Å². The van der Waals surface area contributed by atoms with E-state index in [1.54, 1.807) is 18.2 Å². The number of likely N-dealkylation sites (tertiary alicyclic amines) is 2. The first kappa shape index (κ1) is 33.8. The Morgan fingerprint density at radius 3 is 2.39 bits per heavy atom. The molecule has 0 radical (unpaired) electrons. The number of carbonyl (C=O) groups is 1. The lowest BCUT2D eigenvalue weighted by atomic mass is 9.93. The molecule has 258 valence electrons. The van der Waals surface area contributed by atoms with Crippen molar-refractivity contribution in [2.24, 2.45) is 0 Å². The topological polar surface area (TPSA) is 57.7 Å². The van der Waals surface area contributed by atoms with E-state index in [0.29, 0.717) is 52.7 Å². The van der Waals surface area contributed by atoms with Crippen LogP contribution in [0, 0.1) is 0 Å². The molecule has 3 aromatic carbocycles. The number of benzene rings is 3. The van der Waals surface area contributed by atoms with Gasteiger partial charge in [-0.05, 0) is 101 Å². The Morgan fingerprint density at radius 1 is 0.980 bits per heavy atom. The summed E-state index contributed by atoms with van der Waals surface area (Å²) in [6, 6.07) is 19.2. The number of alkyl halides is 3. The van der Waals surface area contributed by atoms with E-state index in [-0.39, 0.29) is 16.5 Å². The molecule has 1 aromatic heterocycles. The first-order valence-corrected chi connectivity index (χ1v) is 17.8. The van der Waals surface area contributed by atoms with Gasteiger partial charge in [0.1, 0.15) is 10.8 Å². The molecule has 7 rings (SSSR count). The first-order valence-electron chi connectivity index (χ1n) is 17.5. The standard InChI is InChI=1S/C39H42ClF3N4O2/c1-2-49-32-15-14-30-33(37(48)45-38(18-19-38)27-11-5-3-6-12-27)31(25-46-22-16-29(17-23-46)47-20-7-4-8-21-47)35(44-36(30)34(32)40)26-10-9-13-28(24-26)39(41,42)43/h3,5-6,9-15,24,29H,2,4,7-8,16-23,25H2,1H3,(H,45,48). The second-order valence-corrected chi connectivity index (χ2v) is 14.0. The fraction of sp³-hybridized carbons (Fsp3) is 0.436. The molecule has 49 heavy (non-hydrogen) atoms. The molecule has 0 atom stereocenters. The predicted molar refractivity (Wildman–Crippen MR) is 187 cm³/mol. The van der Waals surface area contributed by atoms with Gasteiger partial charge in [-0.15, -0.1) is 0 Å². The summed E-state index contributed by atoms with van der Waals surface area (Å²) in [6.45, 7) is 6.49. The maximum atomic E-state index is 14.7. The Labute approximate surface area is 290 Å². The molecule has 1 aliphatic carbocycles. The van der Waals surface area contributed by atoms with Crippen molar-refractivity contribution >= 4 is 28.4 Å². The van der Waals surface area contributed by atoms with Crippen LogP contribution in [0.15, 0.2) is 66.7 Å². The number of ether oxygens (including phenoxy) is 1. The van der Waals surface area contributed by atoms with E-state index in [1.807, 2.05) is 37.3 Å². The minimum Gasteiger partial charge on any atom is -0.492 e. The fourth-order valence-electron chi connectivity index (χ4n) is 7.68. The predicted octanol–water partition coefficient (Wildman–Crippen LogP) is 8.84. The second kappa shape index (κ2) is 13.9. The van der Waals surface area contributed by atoms with Crippen LogP contribution >= 0.6 is 11.6 Å². The molecule has 1 N–H and O–H groups in total. The molecular weight excluding hydrogens is 649 g/mol. The zero-order valence-corrected chi connectivity index (χ0v) is 28.5. The van der Waals surface area contributed by atoms with Crippen molar-refractivity contribution in [1.29, 1.82) is 0 Å². The van der Waals surface area contributed by atoms with Crippen LogP contribution < -0.4 is 10.1 Å². The molecule has 3 aliphatic rings. The number of hydrogen-bond donors (Lipinski definition) is 1. The Bertz CT molecular complexity index is 1820. The fourth-order valence-corrected chi connectivity index (χ4v) is 7.94. The lowest BCUT2D eigenvalue weighted by Gasteiger charge is -2.40. The van der Waals surface area contributed by atoms with Gasteiger partial charge >= 0.3 is 6.18 Å². The van der Waals surface area contributed by atoms with Crippen molar-refractivity contribution in [2.75, 3.05) is 32.8 Å². The summed E-state index contributed by atoms with van der Waals surface area (Å²) in [4.78, 5) is 24.6. The maximum absolute atomic E-state index is 14.7. The van der Waals surface area contributed by atoms with Gasteiger partial charge in [0.25, 0.3) is 5.91 Å². The van der Waals surface area contributed by atoms with Crippen LogP contribution in [-0.2, 0) is 18.3 Å². The van der Waals surface area contributed by atoms with E-state index < -0.39 is 17.3 Å². The molecule has 3 heterocycles. The van der Waals surface area contributed by atoms with Crippen LogP contribution in [0.4, 0.5) is 13.2 Å². The first-order chi connectivity index (χ1) is 23.7.